The first-order valence-corrected chi connectivity index (χ1v) is 2.45. The summed E-state index contributed by atoms with van der Waals surface area (Å²) < 4.78 is 15.8. The van der Waals surface area contributed by atoms with Crippen LogP contribution in [-0.4, -0.2) is 11.8 Å². The number of rotatable bonds is 2. The molecule has 0 aliphatic rings. The molecule has 0 saturated carbocycles. The molecule has 1 rings (SSSR count). The number of halogens is 1. The van der Waals surface area contributed by atoms with Crippen molar-refractivity contribution in [2.24, 2.45) is 0 Å². The standard InChI is InChI=1S/C6H5FNO/c7-5-9-6-2-1-3-8-4-6/h1-3H,5H2. The van der Waals surface area contributed by atoms with Crippen molar-refractivity contribution < 1.29 is 9.13 Å². The van der Waals surface area contributed by atoms with Gasteiger partial charge < -0.3 is 4.74 Å². The molecule has 2 nitrogen and oxygen atoms in total. The minimum Gasteiger partial charge on any atom is -0.461 e. The van der Waals surface area contributed by atoms with Gasteiger partial charge in [-0.05, 0) is 12.1 Å². The molecule has 1 radical (unpaired) electrons. The molecule has 0 bridgehead atoms. The zero-order valence-electron chi connectivity index (χ0n) is 4.67. The highest BCUT2D eigenvalue weighted by Crippen LogP contribution is 2.03. The maximum atomic E-state index is 11.4. The largest absolute Gasteiger partial charge is 0.461 e. The molecule has 0 aliphatic heterocycles. The van der Waals surface area contributed by atoms with Crippen LogP contribution in [-0.2, 0) is 0 Å². The Morgan fingerprint density at radius 2 is 2.67 bits per heavy atom. The topological polar surface area (TPSA) is 22.1 Å². The lowest BCUT2D eigenvalue weighted by atomic mass is 10.5. The third-order valence-electron chi connectivity index (χ3n) is 0.793. The highest BCUT2D eigenvalue weighted by Gasteiger charge is 1.87. The Labute approximate surface area is 52.3 Å². The van der Waals surface area contributed by atoms with Crippen molar-refractivity contribution in [2.45, 2.75) is 0 Å². The van der Waals surface area contributed by atoms with Crippen molar-refractivity contribution in [3.63, 3.8) is 0 Å². The molecule has 1 aromatic rings. The van der Waals surface area contributed by atoms with E-state index < -0.39 is 6.86 Å². The van der Waals surface area contributed by atoms with E-state index >= 15 is 0 Å². The summed E-state index contributed by atoms with van der Waals surface area (Å²) in [7, 11) is 0. The van der Waals surface area contributed by atoms with Crippen molar-refractivity contribution >= 4 is 0 Å². The lowest BCUT2D eigenvalue weighted by molar-refractivity contribution is 0.190. The summed E-state index contributed by atoms with van der Waals surface area (Å²) >= 11 is 0. The molecule has 9 heavy (non-hydrogen) atoms. The highest BCUT2D eigenvalue weighted by atomic mass is 19.1. The molecule has 0 aromatic carbocycles. The average Bonchev–Trinajstić information content (AvgIpc) is 1.91. The molecule has 47 valence electrons. The molecule has 0 saturated heterocycles. The van der Waals surface area contributed by atoms with Gasteiger partial charge in [-0.1, -0.05) is 0 Å². The number of nitrogens with zero attached hydrogens (tertiary/aromatic N) is 1. The number of ether oxygens (including phenoxy) is 1. The zero-order chi connectivity index (χ0) is 6.53. The minimum absolute atomic E-state index is 0.333. The monoisotopic (exact) mass is 126 g/mol. The van der Waals surface area contributed by atoms with Crippen LogP contribution in [0.2, 0.25) is 0 Å². The molecule has 0 spiro atoms. The Balaban J connectivity index is 2.61. The lowest BCUT2D eigenvalue weighted by Gasteiger charge is -1.95. The highest BCUT2D eigenvalue weighted by molar-refractivity contribution is 5.13. The number of pyridine rings is 1. The van der Waals surface area contributed by atoms with Gasteiger partial charge in [-0.15, -0.1) is 0 Å². The summed E-state index contributed by atoms with van der Waals surface area (Å²) in [6.07, 6.45) is 4.00. The summed E-state index contributed by atoms with van der Waals surface area (Å²) in [4.78, 5) is 3.59. The van der Waals surface area contributed by atoms with Crippen LogP contribution in [0.15, 0.2) is 18.3 Å². The number of hydrogen-bond donors (Lipinski definition) is 0. The molecular weight excluding hydrogens is 121 g/mol. The van der Waals surface area contributed by atoms with Crippen LogP contribution in [0.5, 0.6) is 5.75 Å². The average molecular weight is 126 g/mol. The third kappa shape index (κ3) is 1.68. The van der Waals surface area contributed by atoms with Crippen molar-refractivity contribution in [3.05, 3.63) is 24.5 Å². The normalized spacial score (nSPS) is 9.00. The molecule has 3 heteroatoms. The summed E-state index contributed by atoms with van der Waals surface area (Å²) in [6.45, 7) is -0.831. The van der Waals surface area contributed by atoms with Crippen LogP contribution in [0.1, 0.15) is 0 Å². The fourth-order valence-corrected chi connectivity index (χ4v) is 0.451. The Bertz CT molecular complexity index is 166. The third-order valence-corrected chi connectivity index (χ3v) is 0.793. The van der Waals surface area contributed by atoms with E-state index in [1.807, 2.05) is 0 Å². The second-order valence-corrected chi connectivity index (χ2v) is 1.37. The summed E-state index contributed by atoms with van der Waals surface area (Å²) in [5.41, 5.74) is 0. The summed E-state index contributed by atoms with van der Waals surface area (Å²) in [5.74, 6) is 0.333. The van der Waals surface area contributed by atoms with Crippen molar-refractivity contribution in [3.8, 4) is 5.75 Å². The SMILES string of the molecule is FCOc1[c]nccc1. The van der Waals surface area contributed by atoms with E-state index in [2.05, 4.69) is 15.9 Å². The van der Waals surface area contributed by atoms with Gasteiger partial charge in [-0.3, -0.25) is 4.98 Å². The van der Waals surface area contributed by atoms with E-state index in [1.54, 1.807) is 18.3 Å². The Kier molecular flexibility index (Phi) is 2.01. The van der Waals surface area contributed by atoms with Gasteiger partial charge in [0.25, 0.3) is 0 Å². The Morgan fingerprint density at radius 3 is 3.22 bits per heavy atom. The molecule has 0 unspecified atom stereocenters. The maximum absolute atomic E-state index is 11.4. The molecule has 0 N–H and O–H groups in total. The van der Waals surface area contributed by atoms with Gasteiger partial charge in [-0.25, -0.2) is 4.39 Å². The first kappa shape index (κ1) is 6.01. The predicted molar refractivity (Wildman–Crippen MR) is 29.7 cm³/mol. The molecule has 1 heterocycles. The van der Waals surface area contributed by atoms with Crippen molar-refractivity contribution in [2.75, 3.05) is 6.86 Å². The van der Waals surface area contributed by atoms with E-state index in [0.717, 1.165) is 0 Å². The van der Waals surface area contributed by atoms with Crippen LogP contribution in [0.25, 0.3) is 0 Å². The van der Waals surface area contributed by atoms with Gasteiger partial charge in [0.1, 0.15) is 6.20 Å². The van der Waals surface area contributed by atoms with Crippen LogP contribution < -0.4 is 4.74 Å². The molecule has 0 atom stereocenters. The second kappa shape index (κ2) is 3.02. The van der Waals surface area contributed by atoms with E-state index in [0.29, 0.717) is 5.75 Å². The molecule has 0 amide bonds. The molecule has 0 aliphatic carbocycles. The Hall–Kier alpha value is -1.12. The maximum Gasteiger partial charge on any atom is 0.228 e. The van der Waals surface area contributed by atoms with E-state index in [9.17, 15) is 4.39 Å². The van der Waals surface area contributed by atoms with Gasteiger partial charge >= 0.3 is 0 Å². The Morgan fingerprint density at radius 1 is 1.78 bits per heavy atom. The van der Waals surface area contributed by atoms with Gasteiger partial charge in [0.15, 0.2) is 5.75 Å². The van der Waals surface area contributed by atoms with Crippen LogP contribution in [0, 0.1) is 6.20 Å². The van der Waals surface area contributed by atoms with Gasteiger partial charge in [0, 0.05) is 6.20 Å². The summed E-state index contributed by atoms with van der Waals surface area (Å²) in [5, 5.41) is 0. The van der Waals surface area contributed by atoms with E-state index in [-0.39, 0.29) is 0 Å². The molecular formula is C6H5FNO. The molecule has 1 aromatic heterocycles. The minimum atomic E-state index is -0.831. The zero-order valence-corrected chi connectivity index (χ0v) is 4.67. The van der Waals surface area contributed by atoms with Gasteiger partial charge in [0.05, 0.1) is 0 Å². The van der Waals surface area contributed by atoms with Crippen LogP contribution in [0.3, 0.4) is 0 Å². The number of alkyl halides is 1. The predicted octanol–water partition coefficient (Wildman–Crippen LogP) is 1.19. The first-order valence-electron chi connectivity index (χ1n) is 2.45. The van der Waals surface area contributed by atoms with Crippen molar-refractivity contribution in [1.82, 2.24) is 4.98 Å². The van der Waals surface area contributed by atoms with Gasteiger partial charge in [-0.2, -0.15) is 0 Å². The van der Waals surface area contributed by atoms with Crippen LogP contribution >= 0.6 is 0 Å². The van der Waals surface area contributed by atoms with E-state index in [4.69, 9.17) is 0 Å². The van der Waals surface area contributed by atoms with Crippen LogP contribution in [0.4, 0.5) is 4.39 Å². The van der Waals surface area contributed by atoms with E-state index in [1.165, 1.54) is 0 Å². The lowest BCUT2D eigenvalue weighted by Crippen LogP contribution is -1.89. The quantitative estimate of drug-likeness (QED) is 0.593. The first-order chi connectivity index (χ1) is 4.43. The fraction of sp³-hybridized carbons (Fsp3) is 0.167. The summed E-state index contributed by atoms with van der Waals surface area (Å²) in [6, 6.07) is 3.24. The molecule has 0 fully saturated rings. The smallest absolute Gasteiger partial charge is 0.228 e. The van der Waals surface area contributed by atoms with Crippen molar-refractivity contribution in [1.29, 1.82) is 0 Å². The number of hydrogen-bond acceptors (Lipinski definition) is 2. The van der Waals surface area contributed by atoms with Gasteiger partial charge in [0.2, 0.25) is 6.86 Å². The second-order valence-electron chi connectivity index (χ2n) is 1.37. The number of aromatic nitrogens is 1. The fourth-order valence-electron chi connectivity index (χ4n) is 0.451.